The summed E-state index contributed by atoms with van der Waals surface area (Å²) in [5, 5.41) is 0. The van der Waals surface area contributed by atoms with Gasteiger partial charge in [0.15, 0.2) is 0 Å². The summed E-state index contributed by atoms with van der Waals surface area (Å²) < 4.78 is 19.2. The molecule has 1 aromatic rings. The number of ether oxygens (including phenoxy) is 1. The zero-order valence-electron chi connectivity index (χ0n) is 12.5. The van der Waals surface area contributed by atoms with Crippen molar-refractivity contribution in [1.29, 1.82) is 0 Å². The van der Waals surface area contributed by atoms with Crippen molar-refractivity contribution < 1.29 is 18.7 Å². The highest BCUT2D eigenvalue weighted by Gasteiger charge is 2.44. The second kappa shape index (κ2) is 5.68. The van der Waals surface area contributed by atoms with E-state index in [1.165, 1.54) is 19.1 Å². The number of hydrogen-bond acceptors (Lipinski definition) is 3. The van der Waals surface area contributed by atoms with E-state index in [9.17, 15) is 14.0 Å². The van der Waals surface area contributed by atoms with Gasteiger partial charge in [-0.3, -0.25) is 9.59 Å². The normalized spacial score (nSPS) is 25.6. The molecule has 0 bridgehead atoms. The molecule has 22 heavy (non-hydrogen) atoms. The monoisotopic (exact) mass is 306 g/mol. The molecule has 2 amide bonds. The molecule has 1 spiro atoms. The largest absolute Gasteiger partial charge is 0.361 e. The minimum atomic E-state index is -0.551. The zero-order chi connectivity index (χ0) is 15.7. The molecule has 2 saturated heterocycles. The molecule has 0 aliphatic carbocycles. The highest BCUT2D eigenvalue weighted by molar-refractivity contribution is 5.95. The van der Waals surface area contributed by atoms with E-state index in [1.807, 2.05) is 0 Å². The van der Waals surface area contributed by atoms with Gasteiger partial charge in [-0.15, -0.1) is 0 Å². The Hall–Kier alpha value is -1.95. The maximum atomic E-state index is 13.4. The van der Waals surface area contributed by atoms with Crippen molar-refractivity contribution in [3.05, 3.63) is 30.1 Å². The highest BCUT2D eigenvalue weighted by atomic mass is 19.1. The van der Waals surface area contributed by atoms with Gasteiger partial charge in [0.05, 0.1) is 13.1 Å². The molecule has 2 aliphatic rings. The van der Waals surface area contributed by atoms with Gasteiger partial charge in [-0.05, 0) is 31.0 Å². The number of anilines is 1. The molecule has 0 N–H and O–H groups in total. The zero-order valence-corrected chi connectivity index (χ0v) is 12.5. The van der Waals surface area contributed by atoms with Crippen LogP contribution in [0.3, 0.4) is 0 Å². The average molecular weight is 306 g/mol. The summed E-state index contributed by atoms with van der Waals surface area (Å²) in [4.78, 5) is 27.1. The van der Waals surface area contributed by atoms with E-state index >= 15 is 0 Å². The third-order valence-corrected chi connectivity index (χ3v) is 4.35. The second-order valence-electron chi connectivity index (χ2n) is 5.98. The lowest BCUT2D eigenvalue weighted by molar-refractivity contribution is -0.152. The number of morpholine rings is 1. The first kappa shape index (κ1) is 15.0. The van der Waals surface area contributed by atoms with Crippen LogP contribution in [-0.4, -0.2) is 48.6 Å². The number of piperidine rings is 1. The molecule has 2 aliphatic heterocycles. The van der Waals surface area contributed by atoms with Crippen LogP contribution < -0.4 is 4.90 Å². The first-order valence-electron chi connectivity index (χ1n) is 7.45. The van der Waals surface area contributed by atoms with Gasteiger partial charge in [0.1, 0.15) is 18.0 Å². The van der Waals surface area contributed by atoms with Crippen molar-refractivity contribution in [3.63, 3.8) is 0 Å². The van der Waals surface area contributed by atoms with Crippen LogP contribution in [-0.2, 0) is 14.3 Å². The number of benzene rings is 1. The topological polar surface area (TPSA) is 49.9 Å². The summed E-state index contributed by atoms with van der Waals surface area (Å²) in [6, 6.07) is 6.00. The molecule has 1 atom stereocenters. The number of likely N-dealkylation sites (tertiary alicyclic amines) is 1. The highest BCUT2D eigenvalue weighted by Crippen LogP contribution is 2.32. The Morgan fingerprint density at radius 1 is 1.36 bits per heavy atom. The number of rotatable bonds is 1. The fraction of sp³-hybridized carbons (Fsp3) is 0.500. The number of hydrogen-bond donors (Lipinski definition) is 0. The van der Waals surface area contributed by atoms with Gasteiger partial charge in [0.25, 0.3) is 5.91 Å². The lowest BCUT2D eigenvalue weighted by Gasteiger charge is -2.47. The molecule has 0 aromatic heterocycles. The first-order chi connectivity index (χ1) is 10.5. The summed E-state index contributed by atoms with van der Waals surface area (Å²) in [5.41, 5.74) is -0.0166. The first-order valence-corrected chi connectivity index (χ1v) is 7.45. The fourth-order valence-corrected chi connectivity index (χ4v) is 3.21. The molecule has 0 radical (unpaired) electrons. The van der Waals surface area contributed by atoms with Gasteiger partial charge >= 0.3 is 0 Å². The Balaban J connectivity index is 1.84. The van der Waals surface area contributed by atoms with Crippen LogP contribution in [0.15, 0.2) is 24.3 Å². The van der Waals surface area contributed by atoms with E-state index in [-0.39, 0.29) is 24.2 Å². The minimum Gasteiger partial charge on any atom is -0.361 e. The molecule has 5 nitrogen and oxygen atoms in total. The van der Waals surface area contributed by atoms with Crippen LogP contribution in [0.5, 0.6) is 0 Å². The number of halogens is 1. The molecular formula is C16H19FN2O3. The van der Waals surface area contributed by atoms with Crippen molar-refractivity contribution in [1.82, 2.24) is 4.90 Å². The SMILES string of the molecule is CC(=O)N1CCCC2(C1)CN(c1cccc(F)c1)C(=O)CO2. The molecule has 6 heteroatoms. The molecule has 1 unspecified atom stereocenters. The Morgan fingerprint density at radius 2 is 2.18 bits per heavy atom. The van der Waals surface area contributed by atoms with Crippen LogP contribution in [0.4, 0.5) is 10.1 Å². The lowest BCUT2D eigenvalue weighted by Crippen LogP contribution is -2.62. The Labute approximate surface area is 128 Å². The smallest absolute Gasteiger partial charge is 0.253 e. The van der Waals surface area contributed by atoms with Gasteiger partial charge in [-0.1, -0.05) is 6.07 Å². The van der Waals surface area contributed by atoms with Crippen molar-refractivity contribution in [2.75, 3.05) is 31.1 Å². The quantitative estimate of drug-likeness (QED) is 0.791. The summed E-state index contributed by atoms with van der Waals surface area (Å²) in [5.74, 6) is -0.548. The maximum Gasteiger partial charge on any atom is 0.253 e. The van der Waals surface area contributed by atoms with Crippen molar-refractivity contribution >= 4 is 17.5 Å². The van der Waals surface area contributed by atoms with E-state index in [2.05, 4.69) is 0 Å². The van der Waals surface area contributed by atoms with E-state index in [4.69, 9.17) is 4.74 Å². The standard InChI is InChI=1S/C16H19FN2O3/c1-12(20)18-7-3-6-16(10-18)11-19(15(21)9-22-16)14-5-2-4-13(17)8-14/h2,4-5,8H,3,6-7,9-11H2,1H3. The van der Waals surface area contributed by atoms with E-state index < -0.39 is 5.60 Å². The predicted molar refractivity (Wildman–Crippen MR) is 78.9 cm³/mol. The van der Waals surface area contributed by atoms with Crippen LogP contribution >= 0.6 is 0 Å². The molecule has 0 saturated carbocycles. The second-order valence-corrected chi connectivity index (χ2v) is 5.98. The van der Waals surface area contributed by atoms with Crippen molar-refractivity contribution in [2.45, 2.75) is 25.4 Å². The summed E-state index contributed by atoms with van der Waals surface area (Å²) in [6.07, 6.45) is 1.63. The fourth-order valence-electron chi connectivity index (χ4n) is 3.21. The van der Waals surface area contributed by atoms with Gasteiger partial charge < -0.3 is 14.5 Å². The van der Waals surface area contributed by atoms with E-state index in [0.29, 0.717) is 25.3 Å². The van der Waals surface area contributed by atoms with Crippen LogP contribution in [0, 0.1) is 5.82 Å². The number of amides is 2. The summed E-state index contributed by atoms with van der Waals surface area (Å²) in [6.45, 7) is 3.04. The van der Waals surface area contributed by atoms with Gasteiger partial charge in [-0.25, -0.2) is 4.39 Å². The number of carbonyl (C=O) groups excluding carboxylic acids is 2. The van der Waals surface area contributed by atoms with Crippen LogP contribution in [0.25, 0.3) is 0 Å². The van der Waals surface area contributed by atoms with Crippen molar-refractivity contribution in [2.24, 2.45) is 0 Å². The molecule has 2 fully saturated rings. The maximum absolute atomic E-state index is 13.4. The minimum absolute atomic E-state index is 0.0110. The third-order valence-electron chi connectivity index (χ3n) is 4.35. The average Bonchev–Trinajstić information content (AvgIpc) is 2.50. The summed E-state index contributed by atoms with van der Waals surface area (Å²) in [7, 11) is 0. The van der Waals surface area contributed by atoms with Crippen molar-refractivity contribution in [3.8, 4) is 0 Å². The van der Waals surface area contributed by atoms with E-state index in [0.717, 1.165) is 12.8 Å². The molecule has 3 rings (SSSR count). The Kier molecular flexibility index (Phi) is 3.87. The molecule has 1 aromatic carbocycles. The summed E-state index contributed by atoms with van der Waals surface area (Å²) >= 11 is 0. The third kappa shape index (κ3) is 2.83. The van der Waals surface area contributed by atoms with Crippen LogP contribution in [0.1, 0.15) is 19.8 Å². The van der Waals surface area contributed by atoms with Gasteiger partial charge in [-0.2, -0.15) is 0 Å². The molecule has 2 heterocycles. The molecular weight excluding hydrogens is 287 g/mol. The molecule has 118 valence electrons. The van der Waals surface area contributed by atoms with Gasteiger partial charge in [0.2, 0.25) is 5.91 Å². The Bertz CT molecular complexity index is 607. The predicted octanol–water partition coefficient (Wildman–Crippen LogP) is 1.57. The Morgan fingerprint density at radius 3 is 2.91 bits per heavy atom. The van der Waals surface area contributed by atoms with E-state index in [1.54, 1.807) is 21.9 Å². The number of nitrogens with zero attached hydrogens (tertiary/aromatic N) is 2. The number of carbonyl (C=O) groups is 2. The van der Waals surface area contributed by atoms with Crippen LogP contribution in [0.2, 0.25) is 0 Å². The van der Waals surface area contributed by atoms with Gasteiger partial charge in [0, 0.05) is 19.2 Å². The lowest BCUT2D eigenvalue weighted by atomic mass is 9.90.